The Labute approximate surface area is 135 Å². The Morgan fingerprint density at radius 2 is 1.78 bits per heavy atom. The molecule has 0 saturated carbocycles. The second kappa shape index (κ2) is 6.75. The summed E-state index contributed by atoms with van der Waals surface area (Å²) < 4.78 is 6.32. The highest BCUT2D eigenvalue weighted by molar-refractivity contribution is 5.37. The fraction of sp³-hybridized carbons (Fsp3) is 0.263. The van der Waals surface area contributed by atoms with Gasteiger partial charge in [0.1, 0.15) is 6.10 Å². The molecular weight excluding hydrogens is 290 g/mol. The fourth-order valence-electron chi connectivity index (χ4n) is 3.02. The van der Waals surface area contributed by atoms with E-state index in [1.807, 2.05) is 25.1 Å². The van der Waals surface area contributed by atoms with Crippen LogP contribution in [0.5, 0.6) is 0 Å². The molecule has 1 aliphatic heterocycles. The fourth-order valence-corrected chi connectivity index (χ4v) is 3.02. The maximum atomic E-state index is 10.8. The monoisotopic (exact) mass is 309 g/mol. The third kappa shape index (κ3) is 3.32. The first-order valence-electron chi connectivity index (χ1n) is 7.79. The molecule has 1 fully saturated rings. The predicted octanol–water partition coefficient (Wildman–Crippen LogP) is 5.13. The van der Waals surface area contributed by atoms with Crippen molar-refractivity contribution in [2.24, 2.45) is 0 Å². The minimum absolute atomic E-state index is 0.0556. The highest BCUT2D eigenvalue weighted by Gasteiger charge is 2.28. The summed E-state index contributed by atoms with van der Waals surface area (Å²) in [4.78, 5) is 10.4. The average molecular weight is 309 g/mol. The van der Waals surface area contributed by atoms with Crippen molar-refractivity contribution in [1.29, 1.82) is 0 Å². The van der Waals surface area contributed by atoms with Crippen LogP contribution in [0.3, 0.4) is 0 Å². The summed E-state index contributed by atoms with van der Waals surface area (Å²) in [5, 5.41) is 10.8. The summed E-state index contributed by atoms with van der Waals surface area (Å²) >= 11 is 0. The highest BCUT2D eigenvalue weighted by atomic mass is 16.6. The van der Waals surface area contributed by atoms with Gasteiger partial charge in [0.15, 0.2) is 0 Å². The van der Waals surface area contributed by atoms with Gasteiger partial charge in [-0.25, -0.2) is 0 Å². The number of nitro groups is 1. The minimum Gasteiger partial charge on any atom is -0.361 e. The Morgan fingerprint density at radius 3 is 2.39 bits per heavy atom. The molecule has 118 valence electrons. The molecule has 0 N–H and O–H groups in total. The Bertz CT molecular complexity index is 707. The van der Waals surface area contributed by atoms with E-state index in [0.717, 1.165) is 18.4 Å². The summed E-state index contributed by atoms with van der Waals surface area (Å²) in [6.07, 6.45) is 3.93. The van der Waals surface area contributed by atoms with Gasteiger partial charge in [0.2, 0.25) is 0 Å². The smallest absolute Gasteiger partial charge is 0.269 e. The summed E-state index contributed by atoms with van der Waals surface area (Å²) in [7, 11) is 0. The maximum Gasteiger partial charge on any atom is 0.269 e. The first-order valence-corrected chi connectivity index (χ1v) is 7.79. The first kappa shape index (κ1) is 15.4. The molecule has 0 spiro atoms. The zero-order valence-corrected chi connectivity index (χ0v) is 13.0. The Morgan fingerprint density at radius 1 is 1.09 bits per heavy atom. The predicted molar refractivity (Wildman–Crippen MR) is 89.1 cm³/mol. The van der Waals surface area contributed by atoms with Gasteiger partial charge < -0.3 is 4.74 Å². The number of non-ortho nitro benzene ring substituents is 1. The topological polar surface area (TPSA) is 52.4 Å². The van der Waals surface area contributed by atoms with Crippen LogP contribution < -0.4 is 0 Å². The molecule has 0 radical (unpaired) electrons. The molecule has 1 saturated heterocycles. The van der Waals surface area contributed by atoms with E-state index in [2.05, 4.69) is 18.2 Å². The number of hydrogen-bond acceptors (Lipinski definition) is 3. The van der Waals surface area contributed by atoms with Gasteiger partial charge in [-0.15, -0.1) is 0 Å². The van der Waals surface area contributed by atoms with Crippen LogP contribution in [-0.2, 0) is 4.74 Å². The van der Waals surface area contributed by atoms with E-state index in [9.17, 15) is 10.1 Å². The normalized spacial score (nSPS) is 22.9. The number of rotatable bonds is 3. The zero-order valence-electron chi connectivity index (χ0n) is 13.0. The summed E-state index contributed by atoms with van der Waals surface area (Å²) in [6, 6.07) is 16.9. The molecule has 2 aromatic carbocycles. The second-order valence-electron chi connectivity index (χ2n) is 5.67. The van der Waals surface area contributed by atoms with Gasteiger partial charge >= 0.3 is 0 Å². The Kier molecular flexibility index (Phi) is 4.53. The van der Waals surface area contributed by atoms with Gasteiger partial charge in [0.05, 0.1) is 11.0 Å². The first-order chi connectivity index (χ1) is 11.2. The molecule has 4 heteroatoms. The number of ether oxygens (including phenoxy) is 1. The molecule has 0 amide bonds. The third-order valence-corrected chi connectivity index (χ3v) is 4.28. The minimum atomic E-state index is -0.380. The number of hydrogen-bond donors (Lipinski definition) is 0. The standard InChI is InChI=1S/C19H19NO3/c1-2-14-10-13-18(15-6-4-3-5-7-15)23-19(14)16-8-11-17(12-9-16)20(21)22/h2-9,11-12,18-19H,10,13H2,1H3. The Balaban J connectivity index is 1.86. The lowest BCUT2D eigenvalue weighted by Gasteiger charge is -2.33. The maximum absolute atomic E-state index is 10.8. The van der Waals surface area contributed by atoms with E-state index >= 15 is 0 Å². The van der Waals surface area contributed by atoms with Crippen LogP contribution in [0.1, 0.15) is 43.1 Å². The van der Waals surface area contributed by atoms with E-state index in [-0.39, 0.29) is 22.8 Å². The lowest BCUT2D eigenvalue weighted by Crippen LogP contribution is -2.18. The van der Waals surface area contributed by atoms with Crippen molar-refractivity contribution in [3.63, 3.8) is 0 Å². The molecule has 3 rings (SSSR count). The average Bonchev–Trinajstić information content (AvgIpc) is 2.62. The van der Waals surface area contributed by atoms with Crippen molar-refractivity contribution in [3.05, 3.63) is 87.5 Å². The lowest BCUT2D eigenvalue weighted by molar-refractivity contribution is -0.384. The van der Waals surface area contributed by atoms with E-state index in [1.54, 1.807) is 12.1 Å². The second-order valence-corrected chi connectivity index (χ2v) is 5.67. The van der Waals surface area contributed by atoms with Crippen LogP contribution in [0.15, 0.2) is 66.2 Å². The van der Waals surface area contributed by atoms with Crippen LogP contribution in [0.2, 0.25) is 0 Å². The van der Waals surface area contributed by atoms with E-state index in [4.69, 9.17) is 4.74 Å². The van der Waals surface area contributed by atoms with Crippen molar-refractivity contribution < 1.29 is 9.66 Å². The van der Waals surface area contributed by atoms with Gasteiger partial charge in [0.25, 0.3) is 5.69 Å². The highest BCUT2D eigenvalue weighted by Crippen LogP contribution is 2.42. The van der Waals surface area contributed by atoms with Crippen molar-refractivity contribution in [1.82, 2.24) is 0 Å². The van der Waals surface area contributed by atoms with Crippen LogP contribution in [0.25, 0.3) is 0 Å². The van der Waals surface area contributed by atoms with Gasteiger partial charge in [-0.05, 0) is 48.6 Å². The lowest BCUT2D eigenvalue weighted by atomic mass is 9.90. The summed E-state index contributed by atoms with van der Waals surface area (Å²) in [6.45, 7) is 2.01. The number of nitrogens with zero attached hydrogens (tertiary/aromatic N) is 1. The number of allylic oxidation sites excluding steroid dienone is 1. The quantitative estimate of drug-likeness (QED) is 0.448. The van der Waals surface area contributed by atoms with Crippen LogP contribution in [0.4, 0.5) is 5.69 Å². The van der Waals surface area contributed by atoms with Crippen molar-refractivity contribution >= 4 is 5.69 Å². The van der Waals surface area contributed by atoms with Gasteiger partial charge in [0, 0.05) is 12.1 Å². The van der Waals surface area contributed by atoms with Crippen molar-refractivity contribution in [2.75, 3.05) is 0 Å². The van der Waals surface area contributed by atoms with Crippen LogP contribution >= 0.6 is 0 Å². The molecule has 0 bridgehead atoms. The SMILES string of the molecule is CC=C1CCC(c2ccccc2)OC1c1ccc([N+](=O)[O-])cc1. The molecule has 1 aliphatic rings. The van der Waals surface area contributed by atoms with Crippen molar-refractivity contribution in [3.8, 4) is 0 Å². The van der Waals surface area contributed by atoms with Crippen LogP contribution in [-0.4, -0.2) is 4.92 Å². The molecule has 2 aromatic rings. The molecule has 23 heavy (non-hydrogen) atoms. The summed E-state index contributed by atoms with van der Waals surface area (Å²) in [5.74, 6) is 0. The number of benzene rings is 2. The Hall–Kier alpha value is -2.46. The largest absolute Gasteiger partial charge is 0.361 e. The summed E-state index contributed by atoms with van der Waals surface area (Å²) in [5.41, 5.74) is 3.47. The molecular formula is C19H19NO3. The molecule has 0 aromatic heterocycles. The molecule has 4 nitrogen and oxygen atoms in total. The molecule has 0 aliphatic carbocycles. The van der Waals surface area contributed by atoms with Gasteiger partial charge in [-0.2, -0.15) is 0 Å². The van der Waals surface area contributed by atoms with E-state index in [1.165, 1.54) is 23.3 Å². The zero-order chi connectivity index (χ0) is 16.2. The van der Waals surface area contributed by atoms with Crippen LogP contribution in [0, 0.1) is 10.1 Å². The molecule has 2 unspecified atom stereocenters. The van der Waals surface area contributed by atoms with Crippen molar-refractivity contribution in [2.45, 2.75) is 32.0 Å². The molecule has 1 heterocycles. The van der Waals surface area contributed by atoms with Gasteiger partial charge in [-0.3, -0.25) is 10.1 Å². The van der Waals surface area contributed by atoms with E-state index < -0.39 is 0 Å². The molecule has 2 atom stereocenters. The number of nitro benzene ring substituents is 1. The van der Waals surface area contributed by atoms with Gasteiger partial charge in [-0.1, -0.05) is 36.4 Å². The third-order valence-electron chi connectivity index (χ3n) is 4.28. The van der Waals surface area contributed by atoms with E-state index in [0.29, 0.717) is 0 Å².